The molecule has 10 heteroatoms. The Labute approximate surface area is 131 Å². The molecular formula is C13H7F3NO5S-. The van der Waals surface area contributed by atoms with Crippen molar-refractivity contribution in [1.29, 1.82) is 0 Å². The Kier molecular flexibility index (Phi) is 4.64. The lowest BCUT2D eigenvalue weighted by molar-refractivity contribution is -0.305. The van der Waals surface area contributed by atoms with Crippen molar-refractivity contribution < 1.29 is 37.4 Å². The Morgan fingerprint density at radius 2 is 1.87 bits per heavy atom. The minimum Gasteiger partial charge on any atom is -0.548 e. The summed E-state index contributed by atoms with van der Waals surface area (Å²) >= 11 is 0.529. The van der Waals surface area contributed by atoms with E-state index in [9.17, 15) is 32.7 Å². The van der Waals surface area contributed by atoms with Crippen LogP contribution in [0.2, 0.25) is 0 Å². The molecule has 2 amide bonds. The predicted molar refractivity (Wildman–Crippen MR) is 70.8 cm³/mol. The first-order chi connectivity index (χ1) is 10.7. The van der Waals surface area contributed by atoms with Crippen LogP contribution >= 0.6 is 11.8 Å². The molecule has 6 nitrogen and oxygen atoms in total. The van der Waals surface area contributed by atoms with Gasteiger partial charge in [0.25, 0.3) is 11.1 Å². The van der Waals surface area contributed by atoms with Gasteiger partial charge in [0.15, 0.2) is 0 Å². The summed E-state index contributed by atoms with van der Waals surface area (Å²) in [7, 11) is 0. The number of rotatable bonds is 4. The Hall–Kier alpha value is -2.49. The van der Waals surface area contributed by atoms with E-state index >= 15 is 0 Å². The number of benzene rings is 1. The largest absolute Gasteiger partial charge is 0.573 e. The number of imide groups is 1. The summed E-state index contributed by atoms with van der Waals surface area (Å²) in [5.74, 6) is -2.82. The van der Waals surface area contributed by atoms with Crippen LogP contribution in [-0.2, 0) is 9.59 Å². The third-order valence-electron chi connectivity index (χ3n) is 2.57. The Morgan fingerprint density at radius 3 is 2.39 bits per heavy atom. The number of hydrogen-bond acceptors (Lipinski definition) is 6. The summed E-state index contributed by atoms with van der Waals surface area (Å²) in [5, 5.41) is 9.71. The summed E-state index contributed by atoms with van der Waals surface area (Å²) < 4.78 is 39.8. The van der Waals surface area contributed by atoms with Gasteiger partial charge in [-0.15, -0.1) is 13.2 Å². The number of carbonyl (C=O) groups excluding carboxylic acids is 3. The number of carboxylic acid groups (broad SMARTS) is 1. The second-order valence-electron chi connectivity index (χ2n) is 4.26. The molecule has 0 aromatic heterocycles. The van der Waals surface area contributed by atoms with Gasteiger partial charge in [0.05, 0.1) is 17.4 Å². The Morgan fingerprint density at radius 1 is 1.26 bits per heavy atom. The number of halogens is 3. The molecule has 0 N–H and O–H groups in total. The van der Waals surface area contributed by atoms with Crippen molar-refractivity contribution in [3.63, 3.8) is 0 Å². The number of aliphatic carboxylic acids is 1. The van der Waals surface area contributed by atoms with E-state index in [0.717, 1.165) is 12.1 Å². The fourth-order valence-corrected chi connectivity index (χ4v) is 2.52. The molecule has 1 aromatic carbocycles. The van der Waals surface area contributed by atoms with Crippen molar-refractivity contribution in [3.05, 3.63) is 34.7 Å². The molecule has 2 rings (SSSR count). The molecule has 1 saturated heterocycles. The molecule has 0 radical (unpaired) electrons. The van der Waals surface area contributed by atoms with Gasteiger partial charge in [0.1, 0.15) is 5.75 Å². The van der Waals surface area contributed by atoms with Gasteiger partial charge in [-0.2, -0.15) is 0 Å². The van der Waals surface area contributed by atoms with Crippen molar-refractivity contribution in [2.75, 3.05) is 6.54 Å². The molecule has 0 aliphatic carbocycles. The highest BCUT2D eigenvalue weighted by molar-refractivity contribution is 8.18. The first kappa shape index (κ1) is 16.9. The van der Waals surface area contributed by atoms with Gasteiger partial charge >= 0.3 is 6.36 Å². The minimum absolute atomic E-state index is 0.0410. The van der Waals surface area contributed by atoms with Crippen LogP contribution in [0.4, 0.5) is 18.0 Å². The van der Waals surface area contributed by atoms with Crippen molar-refractivity contribution in [1.82, 2.24) is 4.90 Å². The highest BCUT2D eigenvalue weighted by Crippen LogP contribution is 2.32. The number of nitrogens with zero attached hydrogens (tertiary/aromatic N) is 1. The fourth-order valence-electron chi connectivity index (χ4n) is 1.68. The van der Waals surface area contributed by atoms with Crippen molar-refractivity contribution >= 4 is 35.0 Å². The molecule has 1 aliphatic rings. The molecule has 0 spiro atoms. The van der Waals surface area contributed by atoms with Gasteiger partial charge in [-0.05, 0) is 35.5 Å². The molecule has 1 aromatic rings. The Bertz CT molecular complexity index is 684. The van der Waals surface area contributed by atoms with Gasteiger partial charge in [0.2, 0.25) is 0 Å². The zero-order chi connectivity index (χ0) is 17.2. The molecule has 0 saturated carbocycles. The van der Waals surface area contributed by atoms with Crippen LogP contribution in [0.3, 0.4) is 0 Å². The number of amides is 2. The van der Waals surface area contributed by atoms with E-state index in [0.29, 0.717) is 22.2 Å². The number of carboxylic acids is 1. The van der Waals surface area contributed by atoms with Gasteiger partial charge in [-0.3, -0.25) is 14.5 Å². The van der Waals surface area contributed by atoms with Crippen molar-refractivity contribution in [3.8, 4) is 5.75 Å². The number of alkyl halides is 3. The molecular weight excluding hydrogens is 339 g/mol. The fraction of sp³-hybridized carbons (Fsp3) is 0.154. The number of thioether (sulfide) groups is 1. The molecule has 1 fully saturated rings. The zero-order valence-corrected chi connectivity index (χ0v) is 11.9. The average Bonchev–Trinajstić information content (AvgIpc) is 2.67. The smallest absolute Gasteiger partial charge is 0.548 e. The van der Waals surface area contributed by atoms with Crippen LogP contribution in [0.25, 0.3) is 6.08 Å². The monoisotopic (exact) mass is 346 g/mol. The molecule has 1 heterocycles. The van der Waals surface area contributed by atoms with Crippen LogP contribution < -0.4 is 9.84 Å². The lowest BCUT2D eigenvalue weighted by Crippen LogP contribution is -2.40. The molecule has 0 bridgehead atoms. The topological polar surface area (TPSA) is 86.7 Å². The van der Waals surface area contributed by atoms with Crippen LogP contribution in [0.15, 0.2) is 29.2 Å². The van der Waals surface area contributed by atoms with Crippen LogP contribution in [0.1, 0.15) is 5.56 Å². The van der Waals surface area contributed by atoms with E-state index in [-0.39, 0.29) is 4.91 Å². The highest BCUT2D eigenvalue weighted by atomic mass is 32.2. The molecule has 0 unspecified atom stereocenters. The zero-order valence-electron chi connectivity index (χ0n) is 11.1. The third kappa shape index (κ3) is 4.49. The number of hydrogen-bond donors (Lipinski definition) is 0. The molecule has 23 heavy (non-hydrogen) atoms. The summed E-state index contributed by atoms with van der Waals surface area (Å²) in [6.07, 6.45) is -3.55. The molecule has 0 atom stereocenters. The summed E-state index contributed by atoms with van der Waals surface area (Å²) in [6, 6.07) is 4.61. The highest BCUT2D eigenvalue weighted by Gasteiger charge is 2.35. The average molecular weight is 346 g/mol. The van der Waals surface area contributed by atoms with E-state index in [2.05, 4.69) is 4.74 Å². The second kappa shape index (κ2) is 6.32. The maximum Gasteiger partial charge on any atom is 0.573 e. The minimum atomic E-state index is -4.81. The summed E-state index contributed by atoms with van der Waals surface area (Å²) in [5.41, 5.74) is 0.346. The van der Waals surface area contributed by atoms with E-state index < -0.39 is 35.8 Å². The maximum absolute atomic E-state index is 12.0. The predicted octanol–water partition coefficient (Wildman–Crippen LogP) is 1.37. The summed E-state index contributed by atoms with van der Waals surface area (Å²) in [6.45, 7) is -0.861. The third-order valence-corrected chi connectivity index (χ3v) is 3.48. The van der Waals surface area contributed by atoms with Gasteiger partial charge in [0, 0.05) is 0 Å². The van der Waals surface area contributed by atoms with E-state index in [1.54, 1.807) is 0 Å². The lowest BCUT2D eigenvalue weighted by Gasteiger charge is -2.12. The number of ether oxygens (including phenoxy) is 1. The molecule has 122 valence electrons. The van der Waals surface area contributed by atoms with Gasteiger partial charge < -0.3 is 14.6 Å². The van der Waals surface area contributed by atoms with E-state index in [4.69, 9.17) is 0 Å². The maximum atomic E-state index is 12.0. The van der Waals surface area contributed by atoms with Gasteiger partial charge in [-0.25, -0.2) is 0 Å². The van der Waals surface area contributed by atoms with Crippen LogP contribution in [0, 0.1) is 0 Å². The van der Waals surface area contributed by atoms with Gasteiger partial charge in [-0.1, -0.05) is 12.1 Å². The van der Waals surface area contributed by atoms with Crippen molar-refractivity contribution in [2.45, 2.75) is 6.36 Å². The molecule has 1 aliphatic heterocycles. The standard InChI is InChI=1S/C13H8F3NO5S/c14-13(15,16)22-8-3-1-7(2-4-8)5-9-11(20)17(6-10(18)19)12(21)23-9/h1-5H,6H2,(H,18,19)/p-1. The first-order valence-electron chi connectivity index (χ1n) is 5.97. The van der Waals surface area contributed by atoms with Crippen LogP contribution in [0.5, 0.6) is 5.75 Å². The first-order valence-corrected chi connectivity index (χ1v) is 6.78. The number of carbonyl (C=O) groups is 3. The summed E-state index contributed by atoms with van der Waals surface area (Å²) in [4.78, 5) is 34.3. The normalized spacial score (nSPS) is 17.0. The SMILES string of the molecule is O=C([O-])CN1C(=O)SC(=Cc2ccc(OC(F)(F)F)cc2)C1=O. The van der Waals surface area contributed by atoms with E-state index in [1.807, 2.05) is 0 Å². The van der Waals surface area contributed by atoms with Crippen molar-refractivity contribution in [2.24, 2.45) is 0 Å². The lowest BCUT2D eigenvalue weighted by atomic mass is 10.2. The quantitative estimate of drug-likeness (QED) is 0.766. The Balaban J connectivity index is 2.14. The van der Waals surface area contributed by atoms with Crippen LogP contribution in [-0.4, -0.2) is 34.9 Å². The second-order valence-corrected chi connectivity index (χ2v) is 5.25. The van der Waals surface area contributed by atoms with E-state index in [1.165, 1.54) is 18.2 Å².